The summed E-state index contributed by atoms with van der Waals surface area (Å²) in [6.07, 6.45) is 1.68. The number of cyclic esters (lactones) is 1. The van der Waals surface area contributed by atoms with E-state index in [4.69, 9.17) is 23.7 Å². The molecule has 4 aromatic rings. The first-order chi connectivity index (χ1) is 22.1. The van der Waals surface area contributed by atoms with Gasteiger partial charge in [-0.25, -0.2) is 0 Å². The molecule has 8 heteroatoms. The Morgan fingerprint density at radius 2 is 1.29 bits per heavy atom. The van der Waals surface area contributed by atoms with Crippen molar-refractivity contribution < 1.29 is 28.5 Å². The highest BCUT2D eigenvalue weighted by molar-refractivity contribution is 8.18. The Bertz CT molecular complexity index is 1570. The van der Waals surface area contributed by atoms with Gasteiger partial charge in [0.15, 0.2) is 23.0 Å². The summed E-state index contributed by atoms with van der Waals surface area (Å²) in [5.74, 6) is 4.26. The highest BCUT2D eigenvalue weighted by Gasteiger charge is 2.53. The number of methoxy groups -OCH3 is 2. The smallest absolute Gasteiger partial charge is 0.309 e. The van der Waals surface area contributed by atoms with Crippen molar-refractivity contribution in [2.45, 2.75) is 30.1 Å². The third kappa shape index (κ3) is 7.07. The van der Waals surface area contributed by atoms with Crippen molar-refractivity contribution in [1.82, 2.24) is 0 Å². The first kappa shape index (κ1) is 31.2. The lowest BCUT2D eigenvalue weighted by molar-refractivity contribution is -0.141. The van der Waals surface area contributed by atoms with E-state index in [9.17, 15) is 4.79 Å². The third-order valence-electron chi connectivity index (χ3n) is 8.33. The number of ether oxygens (including phenoxy) is 5. The fraction of sp³-hybridized carbons (Fsp3) is 0.324. The Labute approximate surface area is 273 Å². The van der Waals surface area contributed by atoms with Crippen molar-refractivity contribution in [2.24, 2.45) is 11.8 Å². The summed E-state index contributed by atoms with van der Waals surface area (Å²) in [7, 11) is 3.32. The number of hydrogen-bond acceptors (Lipinski definition) is 8. The second-order valence-electron chi connectivity index (χ2n) is 11.2. The van der Waals surface area contributed by atoms with E-state index in [1.54, 1.807) is 14.2 Å². The molecule has 0 saturated carbocycles. The molecule has 0 radical (unpaired) electrons. The molecule has 234 valence electrons. The Kier molecular flexibility index (Phi) is 10.1. The highest BCUT2D eigenvalue weighted by atomic mass is 32.2. The number of rotatable bonds is 12. The molecule has 0 unspecified atom stereocenters. The maximum Gasteiger partial charge on any atom is 0.309 e. The molecule has 0 aliphatic carbocycles. The van der Waals surface area contributed by atoms with Gasteiger partial charge >= 0.3 is 5.97 Å². The van der Waals surface area contributed by atoms with Gasteiger partial charge in [0, 0.05) is 5.92 Å². The van der Waals surface area contributed by atoms with Gasteiger partial charge in [0.25, 0.3) is 0 Å². The van der Waals surface area contributed by atoms with E-state index >= 15 is 0 Å². The van der Waals surface area contributed by atoms with E-state index in [-0.39, 0.29) is 21.9 Å². The zero-order chi connectivity index (χ0) is 31.1. The summed E-state index contributed by atoms with van der Waals surface area (Å²) in [6.45, 7) is 1.29. The van der Waals surface area contributed by atoms with Crippen molar-refractivity contribution in [2.75, 3.05) is 32.3 Å². The second kappa shape index (κ2) is 14.6. The summed E-state index contributed by atoms with van der Waals surface area (Å²) in [6, 6.07) is 32.3. The number of carbonyl (C=O) groups excluding carboxylic acids is 1. The topological polar surface area (TPSA) is 63.2 Å². The maximum absolute atomic E-state index is 13.3. The van der Waals surface area contributed by atoms with Gasteiger partial charge in [-0.3, -0.25) is 4.79 Å². The van der Waals surface area contributed by atoms with Gasteiger partial charge in [0.05, 0.1) is 30.8 Å². The molecule has 2 fully saturated rings. The lowest BCUT2D eigenvalue weighted by Gasteiger charge is -2.42. The van der Waals surface area contributed by atoms with Gasteiger partial charge in [-0.1, -0.05) is 72.8 Å². The van der Waals surface area contributed by atoms with Crippen LogP contribution in [-0.4, -0.2) is 38.3 Å². The Morgan fingerprint density at radius 1 is 0.711 bits per heavy atom. The number of thioether (sulfide) groups is 2. The predicted molar refractivity (Wildman–Crippen MR) is 180 cm³/mol. The van der Waals surface area contributed by atoms with Crippen molar-refractivity contribution in [1.29, 1.82) is 0 Å². The lowest BCUT2D eigenvalue weighted by Crippen LogP contribution is -2.37. The van der Waals surface area contributed by atoms with Crippen LogP contribution in [0, 0.1) is 11.8 Å². The zero-order valence-electron chi connectivity index (χ0n) is 25.6. The fourth-order valence-electron chi connectivity index (χ4n) is 5.99. The quantitative estimate of drug-likeness (QED) is 0.145. The molecule has 2 aliphatic rings. The molecular formula is C37H38O6S2. The first-order valence-electron chi connectivity index (χ1n) is 15.2. The van der Waals surface area contributed by atoms with Crippen LogP contribution < -0.4 is 18.9 Å². The highest BCUT2D eigenvalue weighted by Crippen LogP contribution is 2.59. The summed E-state index contributed by atoms with van der Waals surface area (Å²) in [5, 5.41) is 0. The molecule has 45 heavy (non-hydrogen) atoms. The summed E-state index contributed by atoms with van der Waals surface area (Å²) >= 11 is 3.83. The molecule has 6 nitrogen and oxygen atoms in total. The minimum absolute atomic E-state index is 0.0268. The summed E-state index contributed by atoms with van der Waals surface area (Å²) in [4.78, 5) is 13.3. The second-order valence-corrected chi connectivity index (χ2v) is 14.1. The van der Waals surface area contributed by atoms with Gasteiger partial charge in [0.1, 0.15) is 13.2 Å². The van der Waals surface area contributed by atoms with Crippen LogP contribution in [0.25, 0.3) is 0 Å². The molecule has 2 saturated heterocycles. The van der Waals surface area contributed by atoms with E-state index in [1.165, 1.54) is 0 Å². The first-order valence-corrected chi connectivity index (χ1v) is 17.2. The van der Waals surface area contributed by atoms with Crippen LogP contribution in [0.5, 0.6) is 23.0 Å². The van der Waals surface area contributed by atoms with E-state index in [0.29, 0.717) is 49.2 Å². The van der Waals surface area contributed by atoms with Crippen molar-refractivity contribution in [3.63, 3.8) is 0 Å². The van der Waals surface area contributed by atoms with Crippen molar-refractivity contribution in [3.05, 3.63) is 119 Å². The van der Waals surface area contributed by atoms with Gasteiger partial charge < -0.3 is 23.7 Å². The molecule has 2 aliphatic heterocycles. The van der Waals surface area contributed by atoms with Crippen molar-refractivity contribution in [3.8, 4) is 23.0 Å². The van der Waals surface area contributed by atoms with Crippen LogP contribution in [0.1, 0.15) is 28.7 Å². The summed E-state index contributed by atoms with van der Waals surface area (Å²) in [5.41, 5.74) is 4.31. The number of carbonyl (C=O) groups is 1. The molecule has 0 aromatic heterocycles. The van der Waals surface area contributed by atoms with E-state index in [2.05, 4.69) is 12.1 Å². The third-order valence-corrected chi connectivity index (χ3v) is 12.0. The Hall–Kier alpha value is -3.75. The maximum atomic E-state index is 13.3. The number of benzene rings is 4. The van der Waals surface area contributed by atoms with Crippen LogP contribution in [-0.2, 0) is 33.2 Å². The minimum Gasteiger partial charge on any atom is -0.493 e. The molecule has 4 aromatic carbocycles. The van der Waals surface area contributed by atoms with E-state index in [1.807, 2.05) is 108 Å². The Morgan fingerprint density at radius 3 is 1.89 bits per heavy atom. The Balaban J connectivity index is 1.24. The van der Waals surface area contributed by atoms with E-state index in [0.717, 1.165) is 40.2 Å². The largest absolute Gasteiger partial charge is 0.493 e. The monoisotopic (exact) mass is 642 g/mol. The van der Waals surface area contributed by atoms with Crippen LogP contribution in [0.3, 0.4) is 0 Å². The van der Waals surface area contributed by atoms with Gasteiger partial charge in [0.2, 0.25) is 0 Å². The molecule has 0 spiro atoms. The van der Waals surface area contributed by atoms with Crippen LogP contribution in [0.4, 0.5) is 0 Å². The lowest BCUT2D eigenvalue weighted by atomic mass is 9.84. The summed E-state index contributed by atoms with van der Waals surface area (Å²) < 4.78 is 29.2. The van der Waals surface area contributed by atoms with Crippen LogP contribution >= 0.6 is 23.5 Å². The van der Waals surface area contributed by atoms with Gasteiger partial charge in [-0.05, 0) is 70.9 Å². The van der Waals surface area contributed by atoms with E-state index < -0.39 is 0 Å². The fourth-order valence-corrected chi connectivity index (χ4v) is 9.67. The molecule has 0 amide bonds. The normalized spacial score (nSPS) is 19.0. The average molecular weight is 643 g/mol. The molecule has 6 rings (SSSR count). The van der Waals surface area contributed by atoms with Gasteiger partial charge in [-0.2, -0.15) is 0 Å². The zero-order valence-corrected chi connectivity index (χ0v) is 27.2. The predicted octanol–water partition coefficient (Wildman–Crippen LogP) is 7.92. The standard InChI is InChI=1S/C37H38O6S2/c1-39-34-21-28(14-16-32(34)41-23-26-10-5-3-6-11-26)20-30-31(25-43-36(30)38)37(44-18-9-19-45-37)29-15-17-33(35(22-29)40-2)42-24-27-12-7-4-8-13-27/h3-8,10-17,21-22,30-31H,9,18-20,23-25H2,1-2H3/t30-,31+/m1/s1. The van der Waals surface area contributed by atoms with Crippen LogP contribution in [0.2, 0.25) is 0 Å². The number of hydrogen-bond donors (Lipinski definition) is 0. The molecule has 0 N–H and O–H groups in total. The molecule has 2 atom stereocenters. The number of esters is 1. The SMILES string of the molecule is COc1cc(C[C@H]2C(=O)OC[C@@H]2C2(c3ccc(OCc4ccccc4)c(OC)c3)SCCCS2)ccc1OCc1ccccc1. The van der Waals surface area contributed by atoms with Gasteiger partial charge in [-0.15, -0.1) is 23.5 Å². The van der Waals surface area contributed by atoms with Crippen molar-refractivity contribution >= 4 is 29.5 Å². The average Bonchev–Trinajstić information content (AvgIpc) is 3.47. The molecule has 0 bridgehead atoms. The molecule has 2 heterocycles. The van der Waals surface area contributed by atoms with Crippen LogP contribution in [0.15, 0.2) is 97.1 Å². The molecular weight excluding hydrogens is 605 g/mol. The minimum atomic E-state index is -0.358.